The predicted octanol–water partition coefficient (Wildman–Crippen LogP) is 2.78. The van der Waals surface area contributed by atoms with Gasteiger partial charge >= 0.3 is 0 Å². The Morgan fingerprint density at radius 3 is 2.76 bits per heavy atom. The lowest BCUT2D eigenvalue weighted by Crippen LogP contribution is -2.33. The smallest absolute Gasteiger partial charge is 0.254 e. The van der Waals surface area contributed by atoms with E-state index in [9.17, 15) is 4.79 Å². The van der Waals surface area contributed by atoms with Gasteiger partial charge in [0.25, 0.3) is 5.91 Å². The van der Waals surface area contributed by atoms with E-state index in [4.69, 9.17) is 5.73 Å². The molecule has 1 saturated carbocycles. The predicted molar refractivity (Wildman–Crippen MR) is 82.7 cm³/mol. The summed E-state index contributed by atoms with van der Waals surface area (Å²) in [6.45, 7) is 2.49. The minimum Gasteiger partial charge on any atom is -0.398 e. The van der Waals surface area contributed by atoms with Crippen LogP contribution in [0.2, 0.25) is 0 Å². The maximum Gasteiger partial charge on any atom is 0.254 e. The fourth-order valence-corrected chi connectivity index (χ4v) is 2.36. The quantitative estimate of drug-likeness (QED) is 0.877. The van der Waals surface area contributed by atoms with Crippen molar-refractivity contribution in [2.45, 2.75) is 32.4 Å². The van der Waals surface area contributed by atoms with Crippen LogP contribution in [0.5, 0.6) is 0 Å². The second kappa shape index (κ2) is 5.56. The second-order valence-electron chi connectivity index (χ2n) is 5.56. The monoisotopic (exact) mass is 281 g/mol. The zero-order valence-electron chi connectivity index (χ0n) is 12.1. The van der Waals surface area contributed by atoms with Crippen molar-refractivity contribution in [2.24, 2.45) is 0 Å². The molecule has 1 fully saturated rings. The molecule has 2 N–H and O–H groups in total. The lowest BCUT2D eigenvalue weighted by Gasteiger charge is -2.22. The van der Waals surface area contributed by atoms with E-state index in [1.54, 1.807) is 12.3 Å². The Bertz CT molecular complexity index is 650. The third-order valence-electron chi connectivity index (χ3n) is 3.83. The molecule has 2 aromatic rings. The highest BCUT2D eigenvalue weighted by Gasteiger charge is 2.33. The van der Waals surface area contributed by atoms with E-state index >= 15 is 0 Å². The van der Waals surface area contributed by atoms with Gasteiger partial charge in [-0.1, -0.05) is 12.1 Å². The molecule has 1 aromatic carbocycles. The van der Waals surface area contributed by atoms with Gasteiger partial charge in [-0.3, -0.25) is 9.78 Å². The maximum absolute atomic E-state index is 12.7. The van der Waals surface area contributed by atoms with Crippen LogP contribution in [0.1, 0.15) is 34.5 Å². The number of nitrogens with zero attached hydrogens (tertiary/aromatic N) is 2. The molecule has 0 atom stereocenters. The van der Waals surface area contributed by atoms with Gasteiger partial charge in [-0.25, -0.2) is 0 Å². The first-order valence-electron chi connectivity index (χ1n) is 7.22. The van der Waals surface area contributed by atoms with E-state index in [0.717, 1.165) is 24.1 Å². The molecule has 0 spiro atoms. The molecule has 0 saturated heterocycles. The molecule has 1 aliphatic carbocycles. The molecule has 4 heteroatoms. The molecule has 3 rings (SSSR count). The SMILES string of the molecule is Cc1ccc(C(=O)N(Cc2ccccn2)C2CC2)cc1N. The number of benzene rings is 1. The van der Waals surface area contributed by atoms with Crippen LogP contribution in [0.4, 0.5) is 5.69 Å². The molecule has 21 heavy (non-hydrogen) atoms. The van der Waals surface area contributed by atoms with Crippen molar-refractivity contribution in [3.63, 3.8) is 0 Å². The molecule has 4 nitrogen and oxygen atoms in total. The van der Waals surface area contributed by atoms with Crippen LogP contribution in [0.25, 0.3) is 0 Å². The number of carbonyl (C=O) groups excluding carboxylic acids is 1. The number of aromatic nitrogens is 1. The number of aryl methyl sites for hydroxylation is 1. The van der Waals surface area contributed by atoms with Crippen molar-refractivity contribution in [3.05, 3.63) is 59.4 Å². The Kier molecular flexibility index (Phi) is 3.60. The van der Waals surface area contributed by atoms with E-state index in [0.29, 0.717) is 23.8 Å². The Labute approximate surface area is 124 Å². The molecule has 0 bridgehead atoms. The number of hydrogen-bond donors (Lipinski definition) is 1. The zero-order valence-corrected chi connectivity index (χ0v) is 12.1. The van der Waals surface area contributed by atoms with Crippen molar-refractivity contribution in [1.29, 1.82) is 0 Å². The summed E-state index contributed by atoms with van der Waals surface area (Å²) in [5, 5.41) is 0. The van der Waals surface area contributed by atoms with Gasteiger partial charge in [0.2, 0.25) is 0 Å². The lowest BCUT2D eigenvalue weighted by molar-refractivity contribution is 0.0728. The van der Waals surface area contributed by atoms with Gasteiger partial charge in [-0.15, -0.1) is 0 Å². The molecule has 1 aromatic heterocycles. The first-order valence-corrected chi connectivity index (χ1v) is 7.22. The summed E-state index contributed by atoms with van der Waals surface area (Å²) < 4.78 is 0. The van der Waals surface area contributed by atoms with Crippen LogP contribution >= 0.6 is 0 Å². The van der Waals surface area contributed by atoms with Crippen molar-refractivity contribution >= 4 is 11.6 Å². The summed E-state index contributed by atoms with van der Waals surface area (Å²) in [5.74, 6) is 0.0369. The van der Waals surface area contributed by atoms with Crippen LogP contribution in [0.3, 0.4) is 0 Å². The topological polar surface area (TPSA) is 59.2 Å². The highest BCUT2D eigenvalue weighted by molar-refractivity contribution is 5.95. The van der Waals surface area contributed by atoms with Crippen LogP contribution in [-0.2, 0) is 6.54 Å². The molecule has 1 aliphatic rings. The van der Waals surface area contributed by atoms with Gasteiger partial charge in [0, 0.05) is 23.5 Å². The lowest BCUT2D eigenvalue weighted by atomic mass is 10.1. The number of rotatable bonds is 4. The van der Waals surface area contributed by atoms with Crippen LogP contribution in [0, 0.1) is 6.92 Å². The zero-order chi connectivity index (χ0) is 14.8. The van der Waals surface area contributed by atoms with E-state index in [1.165, 1.54) is 0 Å². The number of hydrogen-bond acceptors (Lipinski definition) is 3. The summed E-state index contributed by atoms with van der Waals surface area (Å²) in [7, 11) is 0. The average Bonchev–Trinajstić information content (AvgIpc) is 3.33. The normalized spacial score (nSPS) is 14.0. The molecule has 1 amide bonds. The molecule has 108 valence electrons. The first kappa shape index (κ1) is 13.6. The van der Waals surface area contributed by atoms with E-state index in [1.807, 2.05) is 42.2 Å². The van der Waals surface area contributed by atoms with E-state index in [-0.39, 0.29) is 5.91 Å². The average molecular weight is 281 g/mol. The van der Waals surface area contributed by atoms with Gasteiger partial charge in [-0.2, -0.15) is 0 Å². The number of nitrogen functional groups attached to an aromatic ring is 1. The summed E-state index contributed by atoms with van der Waals surface area (Å²) in [4.78, 5) is 19.0. The largest absolute Gasteiger partial charge is 0.398 e. The third kappa shape index (κ3) is 3.05. The fourth-order valence-electron chi connectivity index (χ4n) is 2.36. The second-order valence-corrected chi connectivity index (χ2v) is 5.56. The molecular weight excluding hydrogens is 262 g/mol. The molecule has 0 unspecified atom stereocenters. The Balaban J connectivity index is 1.83. The maximum atomic E-state index is 12.7. The Morgan fingerprint density at radius 2 is 2.14 bits per heavy atom. The van der Waals surface area contributed by atoms with Crippen molar-refractivity contribution < 1.29 is 4.79 Å². The summed E-state index contributed by atoms with van der Waals surface area (Å²) >= 11 is 0. The summed E-state index contributed by atoms with van der Waals surface area (Å²) in [5.41, 5.74) is 9.14. The van der Waals surface area contributed by atoms with E-state index in [2.05, 4.69) is 4.98 Å². The minimum atomic E-state index is 0.0369. The third-order valence-corrected chi connectivity index (χ3v) is 3.83. The van der Waals surface area contributed by atoms with Crippen molar-refractivity contribution in [1.82, 2.24) is 9.88 Å². The number of anilines is 1. The highest BCUT2D eigenvalue weighted by atomic mass is 16.2. The van der Waals surface area contributed by atoms with E-state index < -0.39 is 0 Å². The van der Waals surface area contributed by atoms with Crippen molar-refractivity contribution in [2.75, 3.05) is 5.73 Å². The number of nitrogens with two attached hydrogens (primary N) is 1. The molecular formula is C17H19N3O. The number of carbonyl (C=O) groups is 1. The first-order chi connectivity index (χ1) is 10.1. The molecule has 0 aliphatic heterocycles. The van der Waals surface area contributed by atoms with Gasteiger partial charge in [-0.05, 0) is 49.6 Å². The fraction of sp³-hybridized carbons (Fsp3) is 0.294. The summed E-state index contributed by atoms with van der Waals surface area (Å²) in [6.07, 6.45) is 3.90. The van der Waals surface area contributed by atoms with Crippen LogP contribution < -0.4 is 5.73 Å². The minimum absolute atomic E-state index is 0.0369. The number of amides is 1. The van der Waals surface area contributed by atoms with Crippen LogP contribution in [-0.4, -0.2) is 21.8 Å². The Hall–Kier alpha value is -2.36. The van der Waals surface area contributed by atoms with Crippen molar-refractivity contribution in [3.8, 4) is 0 Å². The Morgan fingerprint density at radius 1 is 1.33 bits per heavy atom. The summed E-state index contributed by atoms with van der Waals surface area (Å²) in [6, 6.07) is 11.6. The number of pyridine rings is 1. The van der Waals surface area contributed by atoms with Gasteiger partial charge in [0.15, 0.2) is 0 Å². The standard InChI is InChI=1S/C17H19N3O/c1-12-5-6-13(10-16(12)18)17(21)20(15-7-8-15)11-14-4-2-3-9-19-14/h2-6,9-10,15H,7-8,11,18H2,1H3. The van der Waals surface area contributed by atoms with Gasteiger partial charge < -0.3 is 10.6 Å². The van der Waals surface area contributed by atoms with Gasteiger partial charge in [0.1, 0.15) is 0 Å². The van der Waals surface area contributed by atoms with Crippen LogP contribution in [0.15, 0.2) is 42.6 Å². The highest BCUT2D eigenvalue weighted by Crippen LogP contribution is 2.30. The molecule has 0 radical (unpaired) electrons. The van der Waals surface area contributed by atoms with Gasteiger partial charge in [0.05, 0.1) is 12.2 Å². The molecule has 1 heterocycles.